The van der Waals surface area contributed by atoms with Crippen molar-refractivity contribution in [2.24, 2.45) is 0 Å². The van der Waals surface area contributed by atoms with Gasteiger partial charge in [-0.05, 0) is 36.5 Å². The summed E-state index contributed by atoms with van der Waals surface area (Å²) in [7, 11) is 0. The molecule has 0 fully saturated rings. The fourth-order valence-electron chi connectivity index (χ4n) is 1.93. The molecule has 1 aromatic heterocycles. The van der Waals surface area contributed by atoms with E-state index in [9.17, 15) is 4.79 Å². The first kappa shape index (κ1) is 14.6. The smallest absolute Gasteiger partial charge is 0.358 e. The Labute approximate surface area is 136 Å². The van der Waals surface area contributed by atoms with Gasteiger partial charge in [-0.15, -0.1) is 4.74 Å². The monoisotopic (exact) mass is 331 g/mol. The molecule has 4 nitrogen and oxygen atoms in total. The summed E-state index contributed by atoms with van der Waals surface area (Å²) in [5, 5.41) is 0.610. The maximum atomic E-state index is 11.6. The van der Waals surface area contributed by atoms with E-state index in [-0.39, 0.29) is 5.17 Å². The van der Waals surface area contributed by atoms with Crippen LogP contribution in [0.5, 0.6) is 5.75 Å². The molecule has 0 saturated carbocycles. The molecule has 22 heavy (non-hydrogen) atoms. The zero-order valence-corrected chi connectivity index (χ0v) is 12.8. The number of thiocarbonyl (C=S) groups is 1. The van der Waals surface area contributed by atoms with Crippen LogP contribution in [0.25, 0.3) is 11.3 Å². The van der Waals surface area contributed by atoms with Crippen molar-refractivity contribution in [3.8, 4) is 17.0 Å². The van der Waals surface area contributed by atoms with Crippen LogP contribution in [-0.4, -0.2) is 9.91 Å². The first-order valence-electron chi connectivity index (χ1n) is 6.40. The third-order valence-electron chi connectivity index (χ3n) is 2.91. The van der Waals surface area contributed by atoms with Gasteiger partial charge < -0.3 is 9.26 Å². The highest BCUT2D eigenvalue weighted by Gasteiger charge is 2.14. The first-order valence-corrected chi connectivity index (χ1v) is 7.19. The van der Waals surface area contributed by atoms with Crippen LogP contribution >= 0.6 is 23.8 Å². The Hall–Kier alpha value is -2.37. The van der Waals surface area contributed by atoms with Gasteiger partial charge in [-0.1, -0.05) is 41.9 Å². The van der Waals surface area contributed by atoms with Crippen molar-refractivity contribution in [3.05, 3.63) is 76.1 Å². The molecule has 0 spiro atoms. The molecule has 2 aromatic carbocycles. The van der Waals surface area contributed by atoms with Crippen molar-refractivity contribution in [2.45, 2.75) is 0 Å². The Morgan fingerprint density at radius 2 is 1.77 bits per heavy atom. The number of hydrogen-bond donors (Lipinski definition) is 0. The van der Waals surface area contributed by atoms with Gasteiger partial charge in [0.15, 0.2) is 0 Å². The minimum Gasteiger partial charge on any atom is -0.430 e. The first-order chi connectivity index (χ1) is 10.6. The van der Waals surface area contributed by atoms with Crippen molar-refractivity contribution in [3.63, 3.8) is 0 Å². The van der Waals surface area contributed by atoms with Crippen molar-refractivity contribution in [1.82, 2.24) is 4.74 Å². The molecule has 0 aliphatic carbocycles. The van der Waals surface area contributed by atoms with Gasteiger partial charge in [-0.25, -0.2) is 4.79 Å². The molecular weight excluding hydrogens is 322 g/mol. The molecule has 110 valence electrons. The van der Waals surface area contributed by atoms with E-state index in [0.717, 1.165) is 5.56 Å². The predicted molar refractivity (Wildman–Crippen MR) is 88.5 cm³/mol. The fraction of sp³-hybridized carbons (Fsp3) is 0. The molecule has 3 aromatic rings. The third kappa shape index (κ3) is 3.10. The highest BCUT2D eigenvalue weighted by atomic mass is 35.5. The zero-order chi connectivity index (χ0) is 15.5. The molecule has 0 N–H and O–H groups in total. The van der Waals surface area contributed by atoms with Crippen LogP contribution in [-0.2, 0) is 0 Å². The van der Waals surface area contributed by atoms with E-state index in [1.807, 2.05) is 30.3 Å². The predicted octanol–water partition coefficient (Wildman–Crippen LogP) is 3.97. The lowest BCUT2D eigenvalue weighted by Crippen LogP contribution is -2.17. The van der Waals surface area contributed by atoms with E-state index in [4.69, 9.17) is 33.1 Å². The highest BCUT2D eigenvalue weighted by Crippen LogP contribution is 2.20. The largest absolute Gasteiger partial charge is 0.430 e. The maximum Gasteiger partial charge on any atom is 0.358 e. The maximum absolute atomic E-state index is 11.6. The zero-order valence-electron chi connectivity index (χ0n) is 11.2. The molecule has 3 rings (SSSR count). The lowest BCUT2D eigenvalue weighted by atomic mass is 10.1. The standard InChI is InChI=1S/C16H10ClNO3S/c17-12-6-8-13(9-7-12)20-16(22)18-14(10-15(19)21-18)11-4-2-1-3-5-11/h1-10H. The minimum absolute atomic E-state index is 0.0169. The summed E-state index contributed by atoms with van der Waals surface area (Å²) in [5.41, 5.74) is 0.834. The number of nitrogens with zero attached hydrogens (tertiary/aromatic N) is 1. The van der Waals surface area contributed by atoms with Crippen molar-refractivity contribution >= 4 is 29.0 Å². The van der Waals surface area contributed by atoms with Crippen LogP contribution in [0.3, 0.4) is 0 Å². The van der Waals surface area contributed by atoms with E-state index in [1.165, 1.54) is 10.8 Å². The van der Waals surface area contributed by atoms with Crippen LogP contribution in [0.4, 0.5) is 0 Å². The van der Waals surface area contributed by atoms with Gasteiger partial charge in [0.05, 0.1) is 11.8 Å². The average Bonchev–Trinajstić information content (AvgIpc) is 2.92. The molecule has 1 heterocycles. The molecule has 0 amide bonds. The molecular formula is C16H10ClNO3S. The molecule has 0 aliphatic rings. The second-order valence-electron chi connectivity index (χ2n) is 4.42. The summed E-state index contributed by atoms with van der Waals surface area (Å²) < 4.78 is 11.8. The number of aromatic nitrogens is 1. The summed E-state index contributed by atoms with van der Waals surface area (Å²) in [5.74, 6) is 0.504. The summed E-state index contributed by atoms with van der Waals surface area (Å²) >= 11 is 11.0. The van der Waals surface area contributed by atoms with Crippen LogP contribution in [0.2, 0.25) is 5.02 Å². The Morgan fingerprint density at radius 3 is 2.45 bits per heavy atom. The number of rotatable bonds is 2. The van der Waals surface area contributed by atoms with Crippen molar-refractivity contribution in [1.29, 1.82) is 0 Å². The molecule has 0 bridgehead atoms. The molecule has 6 heteroatoms. The van der Waals surface area contributed by atoms with E-state index in [2.05, 4.69) is 0 Å². The summed E-state index contributed by atoms with van der Waals surface area (Å²) in [6.07, 6.45) is 0. The van der Waals surface area contributed by atoms with Crippen molar-refractivity contribution < 1.29 is 9.26 Å². The minimum atomic E-state index is -0.499. The summed E-state index contributed by atoms with van der Waals surface area (Å²) in [6.45, 7) is 0. The highest BCUT2D eigenvalue weighted by molar-refractivity contribution is 7.80. The van der Waals surface area contributed by atoms with Gasteiger partial charge in [0, 0.05) is 10.6 Å². The number of ether oxygens (including phenoxy) is 1. The Balaban J connectivity index is 1.93. The molecule has 0 radical (unpaired) electrons. The Kier molecular flexibility index (Phi) is 4.09. The lowest BCUT2D eigenvalue weighted by Gasteiger charge is -2.09. The van der Waals surface area contributed by atoms with Crippen LogP contribution in [0.15, 0.2) is 70.0 Å². The molecule has 0 atom stereocenters. The Morgan fingerprint density at radius 1 is 1.09 bits per heavy atom. The van der Waals surface area contributed by atoms with Crippen LogP contribution in [0.1, 0.15) is 0 Å². The normalized spacial score (nSPS) is 10.4. The van der Waals surface area contributed by atoms with E-state index < -0.39 is 5.63 Å². The van der Waals surface area contributed by atoms with Gasteiger partial charge in [-0.2, -0.15) is 0 Å². The van der Waals surface area contributed by atoms with Gasteiger partial charge >= 0.3 is 10.8 Å². The van der Waals surface area contributed by atoms with Gasteiger partial charge in [0.1, 0.15) is 5.75 Å². The van der Waals surface area contributed by atoms with Gasteiger partial charge in [0.25, 0.3) is 0 Å². The molecule has 0 aliphatic heterocycles. The topological polar surface area (TPSA) is 44.4 Å². The second-order valence-corrected chi connectivity index (χ2v) is 5.21. The summed E-state index contributed by atoms with van der Waals surface area (Å²) in [6, 6.07) is 17.4. The fourth-order valence-corrected chi connectivity index (χ4v) is 2.28. The number of benzene rings is 2. The average molecular weight is 332 g/mol. The van der Waals surface area contributed by atoms with Crippen LogP contribution < -0.4 is 10.4 Å². The number of halogens is 1. The number of hydrogen-bond acceptors (Lipinski definition) is 4. The van der Waals surface area contributed by atoms with E-state index in [0.29, 0.717) is 16.5 Å². The lowest BCUT2D eigenvalue weighted by molar-refractivity contribution is 0.317. The Bertz CT molecular complexity index is 853. The quantitative estimate of drug-likeness (QED) is 0.666. The summed E-state index contributed by atoms with van der Waals surface area (Å²) in [4.78, 5) is 11.6. The molecule has 0 saturated heterocycles. The SMILES string of the molecule is O=c1cc(-c2ccccc2)n(C(=S)Oc2ccc(Cl)cc2)o1. The van der Waals surface area contributed by atoms with Crippen LogP contribution in [0, 0.1) is 0 Å². The van der Waals surface area contributed by atoms with Gasteiger partial charge in [-0.3, -0.25) is 0 Å². The van der Waals surface area contributed by atoms with E-state index in [1.54, 1.807) is 24.3 Å². The molecule has 0 unspecified atom stereocenters. The third-order valence-corrected chi connectivity index (χ3v) is 3.41. The van der Waals surface area contributed by atoms with E-state index >= 15 is 0 Å². The van der Waals surface area contributed by atoms with Crippen molar-refractivity contribution in [2.75, 3.05) is 0 Å². The second kappa shape index (κ2) is 6.17. The van der Waals surface area contributed by atoms with Gasteiger partial charge in [0.2, 0.25) is 0 Å².